The lowest BCUT2D eigenvalue weighted by Gasteiger charge is -2.30. The minimum absolute atomic E-state index is 0.00379. The molecule has 0 radical (unpaired) electrons. The smallest absolute Gasteiger partial charge is 0.311 e. The molecule has 0 saturated carbocycles. The molecule has 0 amide bonds. The summed E-state index contributed by atoms with van der Waals surface area (Å²) in [6, 6.07) is 0. The molecule has 3 atom stereocenters. The molecular formula is C20H31NO2. The fourth-order valence-electron chi connectivity index (χ4n) is 4.25. The highest BCUT2D eigenvalue weighted by Crippen LogP contribution is 2.36. The van der Waals surface area contributed by atoms with E-state index in [1.807, 2.05) is 0 Å². The number of fused-ring (bicyclic) bond motifs is 1. The maximum Gasteiger partial charge on any atom is 0.311 e. The van der Waals surface area contributed by atoms with Gasteiger partial charge in [0.25, 0.3) is 0 Å². The molecule has 2 saturated heterocycles. The van der Waals surface area contributed by atoms with E-state index in [-0.39, 0.29) is 18.0 Å². The number of carbonyl (C=O) groups is 1. The summed E-state index contributed by atoms with van der Waals surface area (Å²) in [4.78, 5) is 15.0. The van der Waals surface area contributed by atoms with Crippen LogP contribution in [0.3, 0.4) is 0 Å². The van der Waals surface area contributed by atoms with E-state index in [1.54, 1.807) is 0 Å². The van der Waals surface area contributed by atoms with Gasteiger partial charge in [-0.1, -0.05) is 23.6 Å². The zero-order chi connectivity index (χ0) is 16.2. The van der Waals surface area contributed by atoms with Crippen LogP contribution in [0.4, 0.5) is 0 Å². The lowest BCUT2D eigenvalue weighted by molar-refractivity contribution is -0.143. The summed E-state index contributed by atoms with van der Waals surface area (Å²) in [5.41, 5.74) is 2.84. The molecule has 0 spiro atoms. The van der Waals surface area contributed by atoms with Crippen molar-refractivity contribution < 1.29 is 9.53 Å². The first-order valence-corrected chi connectivity index (χ1v) is 9.39. The number of likely N-dealkylation sites (tertiary alicyclic amines) is 1. The van der Waals surface area contributed by atoms with Crippen LogP contribution in [0.1, 0.15) is 58.8 Å². The average molecular weight is 317 g/mol. The predicted octanol–water partition coefficient (Wildman–Crippen LogP) is 4.10. The van der Waals surface area contributed by atoms with Crippen molar-refractivity contribution in [3.63, 3.8) is 0 Å². The van der Waals surface area contributed by atoms with Crippen LogP contribution in [0.15, 0.2) is 23.3 Å². The van der Waals surface area contributed by atoms with E-state index < -0.39 is 0 Å². The normalized spacial score (nSPS) is 38.0. The number of nitrogens with zero attached hydrogens (tertiary/aromatic N) is 1. The zero-order valence-electron chi connectivity index (χ0n) is 14.7. The average Bonchev–Trinajstić information content (AvgIpc) is 2.82. The molecule has 0 bridgehead atoms. The van der Waals surface area contributed by atoms with Crippen molar-refractivity contribution in [3.05, 3.63) is 23.3 Å². The molecule has 2 aliphatic heterocycles. The van der Waals surface area contributed by atoms with Gasteiger partial charge in [-0.15, -0.1) is 0 Å². The Labute approximate surface area is 140 Å². The zero-order valence-corrected chi connectivity index (χ0v) is 14.7. The molecular weight excluding hydrogens is 286 g/mol. The summed E-state index contributed by atoms with van der Waals surface area (Å²) in [6.07, 6.45) is 12.8. The van der Waals surface area contributed by atoms with Crippen molar-refractivity contribution in [1.82, 2.24) is 4.90 Å². The largest absolute Gasteiger partial charge is 0.458 e. The van der Waals surface area contributed by atoms with Gasteiger partial charge >= 0.3 is 5.97 Å². The van der Waals surface area contributed by atoms with E-state index in [4.69, 9.17) is 4.74 Å². The summed E-state index contributed by atoms with van der Waals surface area (Å²) in [5, 5.41) is 0. The van der Waals surface area contributed by atoms with Crippen LogP contribution in [0.25, 0.3) is 0 Å². The van der Waals surface area contributed by atoms with Crippen LogP contribution in [0, 0.1) is 11.8 Å². The number of hydrogen-bond donors (Lipinski definition) is 0. The first-order chi connectivity index (χ1) is 11.1. The van der Waals surface area contributed by atoms with E-state index in [1.165, 1.54) is 30.4 Å². The van der Waals surface area contributed by atoms with Crippen molar-refractivity contribution in [3.8, 4) is 0 Å². The van der Waals surface area contributed by atoms with E-state index >= 15 is 0 Å². The van der Waals surface area contributed by atoms with Crippen LogP contribution < -0.4 is 0 Å². The lowest BCUT2D eigenvalue weighted by atomic mass is 9.84. The van der Waals surface area contributed by atoms with Gasteiger partial charge in [0.2, 0.25) is 0 Å². The van der Waals surface area contributed by atoms with Gasteiger partial charge in [0, 0.05) is 12.5 Å². The maximum atomic E-state index is 12.5. The van der Waals surface area contributed by atoms with Crippen LogP contribution in [0.5, 0.6) is 0 Å². The highest BCUT2D eigenvalue weighted by atomic mass is 16.6. The van der Waals surface area contributed by atoms with E-state index in [2.05, 4.69) is 30.9 Å². The van der Waals surface area contributed by atoms with Crippen molar-refractivity contribution >= 4 is 5.97 Å². The molecule has 0 aromatic heterocycles. The quantitative estimate of drug-likeness (QED) is 0.567. The van der Waals surface area contributed by atoms with Crippen LogP contribution in [0.2, 0.25) is 0 Å². The Hall–Kier alpha value is -1.09. The minimum atomic E-state index is 0.00379. The number of esters is 1. The van der Waals surface area contributed by atoms with Gasteiger partial charge < -0.3 is 9.64 Å². The molecule has 128 valence electrons. The molecule has 3 heteroatoms. The molecule has 2 fully saturated rings. The van der Waals surface area contributed by atoms with Crippen molar-refractivity contribution in [1.29, 1.82) is 0 Å². The first-order valence-electron chi connectivity index (χ1n) is 9.39. The molecule has 23 heavy (non-hydrogen) atoms. The molecule has 3 unspecified atom stereocenters. The van der Waals surface area contributed by atoms with E-state index in [0.717, 1.165) is 45.3 Å². The Morgan fingerprint density at radius 1 is 1.13 bits per heavy atom. The lowest BCUT2D eigenvalue weighted by Crippen LogP contribution is -2.38. The Kier molecular flexibility index (Phi) is 5.58. The third kappa shape index (κ3) is 4.26. The van der Waals surface area contributed by atoms with E-state index in [0.29, 0.717) is 5.92 Å². The highest BCUT2D eigenvalue weighted by molar-refractivity contribution is 5.76. The second kappa shape index (κ2) is 7.65. The molecule has 1 aliphatic carbocycles. The minimum Gasteiger partial charge on any atom is -0.458 e. The second-order valence-corrected chi connectivity index (χ2v) is 7.67. The third-order valence-electron chi connectivity index (χ3n) is 5.75. The molecule has 3 aliphatic rings. The van der Waals surface area contributed by atoms with Crippen molar-refractivity contribution in [2.24, 2.45) is 11.8 Å². The number of rotatable bonds is 2. The fraction of sp³-hybridized carbons (Fsp3) is 0.750. The molecule has 0 aromatic rings. The standard InChI is InChI=1S/C20H31NO2/c1-15-7-6-8-17-18(14-21-11-4-3-5-12-21)20(22)23-19(17)13-16(2)10-9-15/h7,13,17-19H,3-6,8-12,14H2,1-2H3/b15-7+,16-13+. The Balaban J connectivity index is 1.73. The summed E-state index contributed by atoms with van der Waals surface area (Å²) >= 11 is 0. The molecule has 3 rings (SSSR count). The monoisotopic (exact) mass is 317 g/mol. The number of ether oxygens (including phenoxy) is 1. The van der Waals surface area contributed by atoms with E-state index in [9.17, 15) is 4.79 Å². The Morgan fingerprint density at radius 3 is 2.65 bits per heavy atom. The predicted molar refractivity (Wildman–Crippen MR) is 93.1 cm³/mol. The second-order valence-electron chi connectivity index (χ2n) is 7.67. The summed E-state index contributed by atoms with van der Waals surface area (Å²) in [7, 11) is 0. The van der Waals surface area contributed by atoms with Gasteiger partial charge in [0.1, 0.15) is 6.10 Å². The molecule has 0 N–H and O–H groups in total. The van der Waals surface area contributed by atoms with Gasteiger partial charge in [-0.05, 0) is 71.5 Å². The Morgan fingerprint density at radius 2 is 1.87 bits per heavy atom. The van der Waals surface area contributed by atoms with Gasteiger partial charge in [0.05, 0.1) is 5.92 Å². The topological polar surface area (TPSA) is 29.5 Å². The van der Waals surface area contributed by atoms with Gasteiger partial charge in [-0.3, -0.25) is 4.79 Å². The molecule has 0 aromatic carbocycles. The van der Waals surface area contributed by atoms with Crippen LogP contribution >= 0.6 is 0 Å². The summed E-state index contributed by atoms with van der Waals surface area (Å²) < 4.78 is 5.79. The summed E-state index contributed by atoms with van der Waals surface area (Å²) in [5.74, 6) is 0.450. The Bertz CT molecular complexity index is 488. The third-order valence-corrected chi connectivity index (χ3v) is 5.75. The number of hydrogen-bond acceptors (Lipinski definition) is 3. The highest BCUT2D eigenvalue weighted by Gasteiger charge is 2.43. The first kappa shape index (κ1) is 16.8. The summed E-state index contributed by atoms with van der Waals surface area (Å²) in [6.45, 7) is 7.60. The maximum absolute atomic E-state index is 12.5. The molecule has 2 heterocycles. The van der Waals surface area contributed by atoms with Gasteiger partial charge in [0.15, 0.2) is 0 Å². The van der Waals surface area contributed by atoms with Crippen molar-refractivity contribution in [2.75, 3.05) is 19.6 Å². The SMILES string of the molecule is C/C1=C\CCC2C(/C=C(\C)CC1)OC(=O)C2CN1CCCCC1. The molecule has 3 nitrogen and oxygen atoms in total. The number of carbonyl (C=O) groups excluding carboxylic acids is 1. The fourth-order valence-corrected chi connectivity index (χ4v) is 4.25. The van der Waals surface area contributed by atoms with Crippen LogP contribution in [-0.2, 0) is 9.53 Å². The van der Waals surface area contributed by atoms with Gasteiger partial charge in [-0.2, -0.15) is 0 Å². The van der Waals surface area contributed by atoms with Crippen LogP contribution in [-0.4, -0.2) is 36.6 Å². The van der Waals surface area contributed by atoms with Gasteiger partial charge in [-0.25, -0.2) is 0 Å². The number of piperidine rings is 1. The van der Waals surface area contributed by atoms with Crippen molar-refractivity contribution in [2.45, 2.75) is 64.9 Å². The number of allylic oxidation sites excluding steroid dienone is 3.